The van der Waals surface area contributed by atoms with Gasteiger partial charge in [-0.3, -0.25) is 10.1 Å². The molecule has 1 saturated heterocycles. The van der Waals surface area contributed by atoms with E-state index in [0.29, 0.717) is 23.4 Å². The minimum Gasteiger partial charge on any atom is -0.410 e. The van der Waals surface area contributed by atoms with Gasteiger partial charge in [-0.25, -0.2) is 27.9 Å². The Bertz CT molecular complexity index is 1450. The molecular weight excluding hydrogens is 517 g/mol. The van der Waals surface area contributed by atoms with Gasteiger partial charge in [0.1, 0.15) is 18.1 Å². The molecule has 0 spiro atoms. The third-order valence-corrected chi connectivity index (χ3v) is 6.63. The van der Waals surface area contributed by atoms with E-state index in [1.807, 2.05) is 0 Å². The highest BCUT2D eigenvalue weighted by Crippen LogP contribution is 2.32. The topological polar surface area (TPSA) is 126 Å². The maximum absolute atomic E-state index is 12.9. The maximum atomic E-state index is 12.9. The Morgan fingerprint density at radius 1 is 1.03 bits per heavy atom. The van der Waals surface area contributed by atoms with Gasteiger partial charge in [-0.1, -0.05) is 18.2 Å². The summed E-state index contributed by atoms with van der Waals surface area (Å²) in [6.45, 7) is -0.380. The summed E-state index contributed by atoms with van der Waals surface area (Å²) in [6, 6.07) is 13.9. The van der Waals surface area contributed by atoms with Gasteiger partial charge in [-0.2, -0.15) is 13.2 Å². The van der Waals surface area contributed by atoms with Crippen LogP contribution in [0.1, 0.15) is 5.56 Å². The molecule has 1 fully saturated rings. The summed E-state index contributed by atoms with van der Waals surface area (Å²) in [7, 11) is -5.57. The quantitative estimate of drug-likeness (QED) is 0.475. The molecule has 10 nitrogen and oxygen atoms in total. The minimum atomic E-state index is -5.57. The maximum Gasteiger partial charge on any atom is 0.501 e. The Labute approximate surface area is 208 Å². The Hall–Kier alpha value is -4.46. The SMILES string of the molecule is O=C(Nc1cc(CN2CC(=O)N(c3ccc(S(=O)(=O)C(F)(F)F)cc3)C2=O)ccn1)Oc1ccccc1. The van der Waals surface area contributed by atoms with Crippen molar-refractivity contribution in [2.24, 2.45) is 0 Å². The van der Waals surface area contributed by atoms with E-state index in [9.17, 15) is 36.0 Å². The molecule has 0 aliphatic carbocycles. The van der Waals surface area contributed by atoms with E-state index in [0.717, 1.165) is 17.0 Å². The van der Waals surface area contributed by atoms with Crippen molar-refractivity contribution in [1.82, 2.24) is 9.88 Å². The van der Waals surface area contributed by atoms with Crippen LogP contribution in [0.5, 0.6) is 5.75 Å². The van der Waals surface area contributed by atoms with Crippen LogP contribution in [0, 0.1) is 0 Å². The van der Waals surface area contributed by atoms with Gasteiger partial charge >= 0.3 is 17.6 Å². The van der Waals surface area contributed by atoms with Gasteiger partial charge < -0.3 is 9.64 Å². The Morgan fingerprint density at radius 2 is 1.70 bits per heavy atom. The number of nitrogens with zero attached hydrogens (tertiary/aromatic N) is 3. The summed E-state index contributed by atoms with van der Waals surface area (Å²) < 4.78 is 66.5. The van der Waals surface area contributed by atoms with E-state index in [4.69, 9.17) is 4.74 Å². The minimum absolute atomic E-state index is 0.0491. The number of anilines is 2. The summed E-state index contributed by atoms with van der Waals surface area (Å²) in [4.78, 5) is 42.3. The van der Waals surface area contributed by atoms with Gasteiger partial charge in [0.15, 0.2) is 0 Å². The molecule has 1 aliphatic rings. The summed E-state index contributed by atoms with van der Waals surface area (Å²) in [5.41, 5.74) is -5.06. The normalized spacial score (nSPS) is 14.1. The monoisotopic (exact) mass is 534 g/mol. The number of hydrogen-bond acceptors (Lipinski definition) is 7. The van der Waals surface area contributed by atoms with E-state index < -0.39 is 38.3 Å². The third kappa shape index (κ3) is 5.53. The highest BCUT2D eigenvalue weighted by molar-refractivity contribution is 7.92. The molecule has 3 aromatic rings. The number of ether oxygens (including phenoxy) is 1. The van der Waals surface area contributed by atoms with Crippen LogP contribution < -0.4 is 15.0 Å². The van der Waals surface area contributed by atoms with Gasteiger partial charge in [0.2, 0.25) is 0 Å². The zero-order valence-electron chi connectivity index (χ0n) is 18.7. The van der Waals surface area contributed by atoms with Crippen molar-refractivity contribution < 1.29 is 40.7 Å². The number of nitrogens with one attached hydrogen (secondary N) is 1. The lowest BCUT2D eigenvalue weighted by atomic mass is 10.2. The first-order chi connectivity index (χ1) is 17.5. The molecule has 2 aromatic carbocycles. The predicted molar refractivity (Wildman–Crippen MR) is 123 cm³/mol. The molecule has 0 bridgehead atoms. The van der Waals surface area contributed by atoms with Crippen LogP contribution in [0.4, 0.5) is 34.3 Å². The number of sulfone groups is 1. The van der Waals surface area contributed by atoms with Gasteiger partial charge in [0.25, 0.3) is 15.7 Å². The Balaban J connectivity index is 1.43. The predicted octanol–water partition coefficient (Wildman–Crippen LogP) is 3.95. The molecule has 1 aliphatic heterocycles. The molecule has 0 radical (unpaired) electrons. The third-order valence-electron chi connectivity index (χ3n) is 5.13. The van der Waals surface area contributed by atoms with Crippen molar-refractivity contribution in [3.05, 3.63) is 78.5 Å². The lowest BCUT2D eigenvalue weighted by Crippen LogP contribution is -2.33. The second kappa shape index (κ2) is 9.89. The number of hydrogen-bond donors (Lipinski definition) is 1. The van der Waals surface area contributed by atoms with E-state index in [-0.39, 0.29) is 24.6 Å². The standard InChI is InChI=1S/C23H17F3N4O6S/c24-23(25,26)37(34,35)18-8-6-16(7-9-18)30-20(31)14-29(22(30)33)13-15-10-11-27-19(12-15)28-21(32)36-17-4-2-1-3-5-17/h1-12H,13-14H2,(H,27,28,32). The fraction of sp³-hybridized carbons (Fsp3) is 0.130. The van der Waals surface area contributed by atoms with E-state index in [2.05, 4.69) is 10.3 Å². The average Bonchev–Trinajstić information content (AvgIpc) is 3.11. The highest BCUT2D eigenvalue weighted by atomic mass is 32.2. The number of rotatable bonds is 6. The van der Waals surface area contributed by atoms with Crippen molar-refractivity contribution in [2.75, 3.05) is 16.8 Å². The number of carbonyl (C=O) groups excluding carboxylic acids is 3. The van der Waals surface area contributed by atoms with Crippen LogP contribution in [0.25, 0.3) is 0 Å². The van der Waals surface area contributed by atoms with Crippen molar-refractivity contribution in [2.45, 2.75) is 16.9 Å². The number of pyridine rings is 1. The van der Waals surface area contributed by atoms with E-state index in [1.165, 1.54) is 17.2 Å². The fourth-order valence-corrected chi connectivity index (χ4v) is 4.18. The molecule has 192 valence electrons. The number of halogens is 3. The van der Waals surface area contributed by atoms with Gasteiger partial charge in [0.05, 0.1) is 10.6 Å². The van der Waals surface area contributed by atoms with Crippen LogP contribution in [0.2, 0.25) is 0 Å². The second-order valence-corrected chi connectivity index (χ2v) is 9.63. The number of para-hydroxylation sites is 1. The van der Waals surface area contributed by atoms with Crippen LogP contribution >= 0.6 is 0 Å². The summed E-state index contributed by atoms with van der Waals surface area (Å²) in [5, 5.41) is 2.46. The number of alkyl halides is 3. The lowest BCUT2D eigenvalue weighted by molar-refractivity contribution is -0.116. The van der Waals surface area contributed by atoms with Gasteiger partial charge in [0, 0.05) is 12.7 Å². The number of imide groups is 1. The number of amides is 4. The molecule has 37 heavy (non-hydrogen) atoms. The van der Waals surface area contributed by atoms with Crippen molar-refractivity contribution in [3.63, 3.8) is 0 Å². The molecule has 4 rings (SSSR count). The smallest absolute Gasteiger partial charge is 0.410 e. The number of aromatic nitrogens is 1. The van der Waals surface area contributed by atoms with Crippen molar-refractivity contribution >= 4 is 39.4 Å². The number of carbonyl (C=O) groups is 3. The molecule has 2 heterocycles. The summed E-state index contributed by atoms with van der Waals surface area (Å²) >= 11 is 0. The van der Waals surface area contributed by atoms with Crippen molar-refractivity contribution in [3.8, 4) is 5.75 Å². The Morgan fingerprint density at radius 3 is 2.35 bits per heavy atom. The van der Waals surface area contributed by atoms with Crippen LogP contribution in [-0.2, 0) is 21.2 Å². The van der Waals surface area contributed by atoms with Gasteiger partial charge in [-0.15, -0.1) is 0 Å². The van der Waals surface area contributed by atoms with Gasteiger partial charge in [-0.05, 0) is 54.1 Å². The highest BCUT2D eigenvalue weighted by Gasteiger charge is 2.47. The fourth-order valence-electron chi connectivity index (χ4n) is 3.42. The largest absolute Gasteiger partial charge is 0.501 e. The number of benzene rings is 2. The van der Waals surface area contributed by atoms with Crippen LogP contribution in [0.15, 0.2) is 77.8 Å². The molecule has 0 atom stereocenters. The first kappa shape index (κ1) is 25.6. The van der Waals surface area contributed by atoms with Crippen LogP contribution in [-0.4, -0.2) is 48.4 Å². The van der Waals surface area contributed by atoms with Crippen LogP contribution in [0.3, 0.4) is 0 Å². The zero-order chi connectivity index (χ0) is 26.8. The zero-order valence-corrected chi connectivity index (χ0v) is 19.5. The molecule has 4 amide bonds. The molecule has 1 aromatic heterocycles. The van der Waals surface area contributed by atoms with Crippen molar-refractivity contribution in [1.29, 1.82) is 0 Å². The summed E-state index contributed by atoms with van der Waals surface area (Å²) in [5.74, 6) is -0.202. The Kier molecular flexibility index (Phi) is 6.85. The molecule has 1 N–H and O–H groups in total. The first-order valence-electron chi connectivity index (χ1n) is 10.5. The summed E-state index contributed by atoms with van der Waals surface area (Å²) in [6.07, 6.45) is 0.596. The second-order valence-electron chi connectivity index (χ2n) is 7.69. The average molecular weight is 534 g/mol. The first-order valence-corrected chi connectivity index (χ1v) is 12.0. The van der Waals surface area contributed by atoms with E-state index in [1.54, 1.807) is 36.4 Å². The molecule has 14 heteroatoms. The lowest BCUT2D eigenvalue weighted by Gasteiger charge is -2.18. The molecule has 0 saturated carbocycles. The van der Waals surface area contributed by atoms with E-state index >= 15 is 0 Å². The number of urea groups is 1. The molecular formula is C23H17F3N4O6S. The molecule has 0 unspecified atom stereocenters.